The zero-order valence-electron chi connectivity index (χ0n) is 12.3. The minimum Gasteiger partial charge on any atom is -0.384 e. The molecule has 0 aliphatic carbocycles. The number of nitriles is 1. The summed E-state index contributed by atoms with van der Waals surface area (Å²) in [7, 11) is 0. The smallest absolute Gasteiger partial charge is 0.103 e. The minimum absolute atomic E-state index is 0.384. The molecule has 0 radical (unpaired) electrons. The molecule has 22 heavy (non-hydrogen) atoms. The lowest BCUT2D eigenvalue weighted by atomic mass is 9.92. The number of nitrogens with zero attached hydrogens (tertiary/aromatic N) is 1. The van der Waals surface area contributed by atoms with E-state index in [9.17, 15) is 5.26 Å². The van der Waals surface area contributed by atoms with Gasteiger partial charge in [0.05, 0.1) is 11.3 Å². The van der Waals surface area contributed by atoms with Gasteiger partial charge in [0.15, 0.2) is 0 Å². The molecule has 2 N–H and O–H groups in total. The lowest BCUT2D eigenvalue weighted by molar-refractivity contribution is 0.485. The first-order valence-corrected chi connectivity index (χ1v) is 8.32. The summed E-state index contributed by atoms with van der Waals surface area (Å²) in [5.74, 6) is 0. The van der Waals surface area contributed by atoms with Gasteiger partial charge in [-0.2, -0.15) is 5.26 Å². The zero-order chi connectivity index (χ0) is 15.4. The molecule has 1 aliphatic rings. The van der Waals surface area contributed by atoms with Crippen LogP contribution in [0.1, 0.15) is 29.2 Å². The predicted molar refractivity (Wildman–Crippen MR) is 92.9 cm³/mol. The van der Waals surface area contributed by atoms with Crippen LogP contribution in [-0.4, -0.2) is 13.1 Å². The van der Waals surface area contributed by atoms with E-state index < -0.39 is 0 Å². The Bertz CT molecular complexity index is 706. The molecule has 1 heterocycles. The largest absolute Gasteiger partial charge is 0.384 e. The molecule has 0 amide bonds. The lowest BCUT2D eigenvalue weighted by Crippen LogP contribution is -2.31. The molecule has 1 atom stereocenters. The number of halogens is 1. The quantitative estimate of drug-likeness (QED) is 0.870. The Labute approximate surface area is 139 Å². The van der Waals surface area contributed by atoms with E-state index >= 15 is 0 Å². The van der Waals surface area contributed by atoms with Gasteiger partial charge in [0.2, 0.25) is 0 Å². The molecule has 0 fully saturated rings. The maximum Gasteiger partial charge on any atom is 0.103 e. The molecule has 2 aromatic carbocycles. The van der Waals surface area contributed by atoms with Crippen molar-refractivity contribution in [2.45, 2.75) is 18.9 Å². The highest BCUT2D eigenvalue weighted by Crippen LogP contribution is 2.27. The van der Waals surface area contributed by atoms with Crippen molar-refractivity contribution in [3.63, 3.8) is 0 Å². The summed E-state index contributed by atoms with van der Waals surface area (Å²) in [5, 5.41) is 16.2. The van der Waals surface area contributed by atoms with Gasteiger partial charge in [-0.1, -0.05) is 30.3 Å². The predicted octanol–water partition coefficient (Wildman–Crippen LogP) is 4.01. The second-order valence-corrected chi connectivity index (χ2v) is 6.30. The Morgan fingerprint density at radius 2 is 2.09 bits per heavy atom. The molecule has 1 unspecified atom stereocenters. The summed E-state index contributed by atoms with van der Waals surface area (Å²) < 4.78 is 0.834. The second kappa shape index (κ2) is 6.95. The number of rotatable bonds is 4. The van der Waals surface area contributed by atoms with Gasteiger partial charge in [0.25, 0.3) is 0 Å². The van der Waals surface area contributed by atoms with Crippen molar-refractivity contribution in [1.29, 1.82) is 5.26 Å². The van der Waals surface area contributed by atoms with Crippen LogP contribution in [0.3, 0.4) is 0 Å². The Hall–Kier alpha value is -1.83. The van der Waals surface area contributed by atoms with Crippen LogP contribution in [0.5, 0.6) is 0 Å². The van der Waals surface area contributed by atoms with E-state index in [1.807, 2.05) is 18.2 Å². The van der Waals surface area contributed by atoms with Gasteiger partial charge in [0.1, 0.15) is 6.07 Å². The van der Waals surface area contributed by atoms with Crippen molar-refractivity contribution in [3.8, 4) is 6.07 Å². The second-order valence-electron chi connectivity index (χ2n) is 5.45. The fourth-order valence-electron chi connectivity index (χ4n) is 2.99. The van der Waals surface area contributed by atoms with Crippen LogP contribution < -0.4 is 10.6 Å². The fraction of sp³-hybridized carbons (Fsp3) is 0.278. The molecule has 4 heteroatoms. The molecule has 112 valence electrons. The van der Waals surface area contributed by atoms with Crippen LogP contribution >= 0.6 is 15.9 Å². The van der Waals surface area contributed by atoms with Gasteiger partial charge in [-0.3, -0.25) is 0 Å². The molecule has 1 aliphatic heterocycles. The standard InChI is InChI=1S/C18H18BrN3/c19-16-6-3-7-17(15(16)12-20)22-11-9-18-14-5-2-1-4-13(14)8-10-21-18/h1-7,18,21-22H,8-11H2. The normalized spacial score (nSPS) is 16.6. The molecular weight excluding hydrogens is 338 g/mol. The van der Waals surface area contributed by atoms with Crippen molar-refractivity contribution in [3.05, 3.63) is 63.6 Å². The minimum atomic E-state index is 0.384. The SMILES string of the molecule is N#Cc1c(Br)cccc1NCCC1NCCc2ccccc21. The first kappa shape index (κ1) is 15.1. The summed E-state index contributed by atoms with van der Waals surface area (Å²) in [4.78, 5) is 0. The van der Waals surface area contributed by atoms with E-state index in [0.29, 0.717) is 11.6 Å². The Morgan fingerprint density at radius 3 is 2.95 bits per heavy atom. The van der Waals surface area contributed by atoms with Crippen LogP contribution in [0.4, 0.5) is 5.69 Å². The highest BCUT2D eigenvalue weighted by Gasteiger charge is 2.18. The Kier molecular flexibility index (Phi) is 4.77. The summed E-state index contributed by atoms with van der Waals surface area (Å²) in [6.07, 6.45) is 2.10. The molecule has 3 rings (SSSR count). The van der Waals surface area contributed by atoms with Crippen molar-refractivity contribution >= 4 is 21.6 Å². The van der Waals surface area contributed by atoms with Gasteiger partial charge >= 0.3 is 0 Å². The average Bonchev–Trinajstić information content (AvgIpc) is 2.55. The number of hydrogen-bond donors (Lipinski definition) is 2. The topological polar surface area (TPSA) is 47.9 Å². The highest BCUT2D eigenvalue weighted by atomic mass is 79.9. The third kappa shape index (κ3) is 3.16. The monoisotopic (exact) mass is 355 g/mol. The van der Waals surface area contributed by atoms with E-state index in [-0.39, 0.29) is 0 Å². The van der Waals surface area contributed by atoms with E-state index in [1.54, 1.807) is 0 Å². The Balaban J connectivity index is 1.66. The van der Waals surface area contributed by atoms with Crippen LogP contribution in [0.15, 0.2) is 46.9 Å². The molecule has 0 aromatic heterocycles. The van der Waals surface area contributed by atoms with Crippen LogP contribution in [0, 0.1) is 11.3 Å². The van der Waals surface area contributed by atoms with Gasteiger partial charge in [-0.05, 0) is 58.6 Å². The molecule has 0 saturated heterocycles. The number of hydrogen-bond acceptors (Lipinski definition) is 3. The van der Waals surface area contributed by atoms with Crippen molar-refractivity contribution in [2.24, 2.45) is 0 Å². The molecular formula is C18H18BrN3. The molecule has 2 aromatic rings. The maximum absolute atomic E-state index is 9.25. The summed E-state index contributed by atoms with van der Waals surface area (Å²) in [6.45, 7) is 1.86. The number of nitrogens with one attached hydrogen (secondary N) is 2. The van der Waals surface area contributed by atoms with Crippen molar-refractivity contribution < 1.29 is 0 Å². The summed E-state index contributed by atoms with van der Waals surface area (Å²) >= 11 is 3.42. The Morgan fingerprint density at radius 1 is 1.23 bits per heavy atom. The number of anilines is 1. The third-order valence-corrected chi connectivity index (χ3v) is 4.75. The van der Waals surface area contributed by atoms with Crippen LogP contribution in [0.25, 0.3) is 0 Å². The third-order valence-electron chi connectivity index (χ3n) is 4.09. The van der Waals surface area contributed by atoms with E-state index in [4.69, 9.17) is 0 Å². The molecule has 0 saturated carbocycles. The average molecular weight is 356 g/mol. The first-order chi connectivity index (χ1) is 10.8. The lowest BCUT2D eigenvalue weighted by Gasteiger charge is -2.27. The number of benzene rings is 2. The van der Waals surface area contributed by atoms with Crippen molar-refractivity contribution in [2.75, 3.05) is 18.4 Å². The maximum atomic E-state index is 9.25. The molecule has 3 nitrogen and oxygen atoms in total. The first-order valence-electron chi connectivity index (χ1n) is 7.53. The van der Waals surface area contributed by atoms with Crippen molar-refractivity contribution in [1.82, 2.24) is 5.32 Å². The van der Waals surface area contributed by atoms with Gasteiger partial charge in [0, 0.05) is 17.1 Å². The highest BCUT2D eigenvalue weighted by molar-refractivity contribution is 9.10. The van der Waals surface area contributed by atoms with E-state index in [0.717, 1.165) is 36.1 Å². The van der Waals surface area contributed by atoms with E-state index in [1.165, 1.54) is 11.1 Å². The number of fused-ring (bicyclic) bond motifs is 1. The molecule has 0 spiro atoms. The van der Waals surface area contributed by atoms with Crippen LogP contribution in [0.2, 0.25) is 0 Å². The van der Waals surface area contributed by atoms with E-state index in [2.05, 4.69) is 56.9 Å². The van der Waals surface area contributed by atoms with Gasteiger partial charge in [-0.15, -0.1) is 0 Å². The van der Waals surface area contributed by atoms with Gasteiger partial charge < -0.3 is 10.6 Å². The summed E-state index contributed by atoms with van der Waals surface area (Å²) in [6, 6.07) is 17.1. The zero-order valence-corrected chi connectivity index (χ0v) is 13.9. The van der Waals surface area contributed by atoms with Gasteiger partial charge in [-0.25, -0.2) is 0 Å². The fourth-order valence-corrected chi connectivity index (χ4v) is 3.44. The van der Waals surface area contributed by atoms with Crippen LogP contribution in [-0.2, 0) is 6.42 Å². The summed E-state index contributed by atoms with van der Waals surface area (Å²) in [5.41, 5.74) is 4.41. The molecule has 0 bridgehead atoms.